The van der Waals surface area contributed by atoms with Crippen molar-refractivity contribution in [1.29, 1.82) is 0 Å². The van der Waals surface area contributed by atoms with Crippen LogP contribution in [0.25, 0.3) is 0 Å². The summed E-state index contributed by atoms with van der Waals surface area (Å²) in [6, 6.07) is 0. The molecule has 1 N–H and O–H groups in total. The zero-order chi connectivity index (χ0) is 9.14. The first kappa shape index (κ1) is 9.56. The molecule has 0 radical (unpaired) electrons. The molecule has 1 aliphatic carbocycles. The average Bonchev–Trinajstić information content (AvgIpc) is 1.80. The van der Waals surface area contributed by atoms with Gasteiger partial charge in [0.05, 0.1) is 5.92 Å². The molecule has 0 amide bonds. The maximum Gasteiger partial charge on any atom is 0.306 e. The van der Waals surface area contributed by atoms with Gasteiger partial charge in [-0.1, -0.05) is 20.3 Å². The molecule has 12 heavy (non-hydrogen) atoms. The van der Waals surface area contributed by atoms with E-state index in [4.69, 9.17) is 5.11 Å². The number of carbonyl (C=O) groups is 1. The number of carboxylic acids is 1. The average molecular weight is 170 g/mol. The molecule has 0 bridgehead atoms. The van der Waals surface area contributed by atoms with Gasteiger partial charge in [0.2, 0.25) is 0 Å². The van der Waals surface area contributed by atoms with Crippen LogP contribution in [0.4, 0.5) is 0 Å². The number of hydrogen-bond acceptors (Lipinski definition) is 1. The molecule has 0 aromatic carbocycles. The maximum absolute atomic E-state index is 10.9. The molecule has 2 heteroatoms. The van der Waals surface area contributed by atoms with Crippen molar-refractivity contribution in [1.82, 2.24) is 0 Å². The number of aliphatic carboxylic acids is 1. The second-order valence-electron chi connectivity index (χ2n) is 4.27. The Balaban J connectivity index is 2.42. The van der Waals surface area contributed by atoms with Crippen LogP contribution in [0, 0.1) is 17.8 Å². The van der Waals surface area contributed by atoms with Crippen LogP contribution in [0.2, 0.25) is 0 Å². The Morgan fingerprint density at radius 2 is 2.08 bits per heavy atom. The van der Waals surface area contributed by atoms with E-state index in [0.29, 0.717) is 11.8 Å². The van der Waals surface area contributed by atoms with Crippen LogP contribution < -0.4 is 0 Å². The first-order valence-electron chi connectivity index (χ1n) is 4.84. The van der Waals surface area contributed by atoms with Gasteiger partial charge >= 0.3 is 5.97 Å². The van der Waals surface area contributed by atoms with E-state index in [1.807, 2.05) is 0 Å². The number of rotatable bonds is 4. The zero-order valence-electron chi connectivity index (χ0n) is 7.92. The lowest BCUT2D eigenvalue weighted by atomic mass is 9.73. The molecule has 1 fully saturated rings. The molecule has 1 atom stereocenters. The third-order valence-corrected chi connectivity index (χ3v) is 2.76. The van der Waals surface area contributed by atoms with Crippen molar-refractivity contribution in [3.63, 3.8) is 0 Å². The highest BCUT2D eigenvalue weighted by Gasteiger charge is 2.32. The maximum atomic E-state index is 10.9. The molecule has 1 saturated carbocycles. The van der Waals surface area contributed by atoms with E-state index in [-0.39, 0.29) is 5.92 Å². The van der Waals surface area contributed by atoms with Crippen LogP contribution in [-0.4, -0.2) is 11.1 Å². The normalized spacial score (nSPS) is 20.6. The molecular weight excluding hydrogens is 152 g/mol. The molecule has 1 aliphatic rings. The van der Waals surface area contributed by atoms with E-state index >= 15 is 0 Å². The molecule has 0 heterocycles. The molecule has 1 unspecified atom stereocenters. The van der Waals surface area contributed by atoms with Crippen LogP contribution in [0.15, 0.2) is 0 Å². The number of carboxylic acid groups (broad SMARTS) is 1. The van der Waals surface area contributed by atoms with Crippen molar-refractivity contribution in [3.05, 3.63) is 0 Å². The molecular formula is C10H18O2. The minimum Gasteiger partial charge on any atom is -0.481 e. The summed E-state index contributed by atoms with van der Waals surface area (Å²) in [6.45, 7) is 4.18. The van der Waals surface area contributed by atoms with Crippen molar-refractivity contribution in [2.24, 2.45) is 17.8 Å². The summed E-state index contributed by atoms with van der Waals surface area (Å²) in [5.74, 6) is 0.323. The van der Waals surface area contributed by atoms with E-state index < -0.39 is 5.97 Å². The highest BCUT2D eigenvalue weighted by Crippen LogP contribution is 2.36. The molecule has 0 saturated heterocycles. The van der Waals surface area contributed by atoms with E-state index in [9.17, 15) is 4.79 Å². The van der Waals surface area contributed by atoms with E-state index in [1.54, 1.807) is 0 Å². The molecule has 1 rings (SSSR count). The summed E-state index contributed by atoms with van der Waals surface area (Å²) in [6.07, 6.45) is 4.33. The molecule has 0 spiro atoms. The lowest BCUT2D eigenvalue weighted by molar-refractivity contribution is -0.145. The fourth-order valence-electron chi connectivity index (χ4n) is 1.84. The van der Waals surface area contributed by atoms with Gasteiger partial charge in [-0.2, -0.15) is 0 Å². The minimum atomic E-state index is -0.589. The topological polar surface area (TPSA) is 37.3 Å². The standard InChI is InChI=1S/C10H18O2/c1-7(2)6-9(10(11)12)8-4-3-5-8/h7-9H,3-6H2,1-2H3,(H,11,12). The Morgan fingerprint density at radius 1 is 1.50 bits per heavy atom. The summed E-state index contributed by atoms with van der Waals surface area (Å²) in [4.78, 5) is 10.9. The second kappa shape index (κ2) is 3.92. The van der Waals surface area contributed by atoms with Gasteiger partial charge in [0, 0.05) is 0 Å². The monoisotopic (exact) mass is 170 g/mol. The third-order valence-electron chi connectivity index (χ3n) is 2.76. The predicted molar refractivity (Wildman–Crippen MR) is 47.9 cm³/mol. The Bertz CT molecular complexity index is 159. The Labute approximate surface area is 74.0 Å². The third kappa shape index (κ3) is 2.23. The summed E-state index contributed by atoms with van der Waals surface area (Å²) in [5, 5.41) is 8.96. The van der Waals surface area contributed by atoms with Gasteiger partial charge in [-0.3, -0.25) is 4.79 Å². The van der Waals surface area contributed by atoms with Crippen molar-refractivity contribution in [3.8, 4) is 0 Å². The van der Waals surface area contributed by atoms with Crippen molar-refractivity contribution in [2.75, 3.05) is 0 Å². The molecule has 70 valence electrons. The fourth-order valence-corrected chi connectivity index (χ4v) is 1.84. The van der Waals surface area contributed by atoms with Crippen LogP contribution in [0.1, 0.15) is 39.5 Å². The van der Waals surface area contributed by atoms with Gasteiger partial charge < -0.3 is 5.11 Å². The second-order valence-corrected chi connectivity index (χ2v) is 4.27. The highest BCUT2D eigenvalue weighted by molar-refractivity contribution is 5.70. The number of hydrogen-bond donors (Lipinski definition) is 1. The summed E-state index contributed by atoms with van der Waals surface area (Å²) in [5.41, 5.74) is 0. The lowest BCUT2D eigenvalue weighted by Gasteiger charge is -2.31. The van der Waals surface area contributed by atoms with E-state index in [0.717, 1.165) is 19.3 Å². The summed E-state index contributed by atoms with van der Waals surface area (Å²) < 4.78 is 0. The largest absolute Gasteiger partial charge is 0.481 e. The predicted octanol–water partition coefficient (Wildman–Crippen LogP) is 2.53. The van der Waals surface area contributed by atoms with Gasteiger partial charge in [0.1, 0.15) is 0 Å². The fraction of sp³-hybridized carbons (Fsp3) is 0.900. The van der Waals surface area contributed by atoms with Crippen molar-refractivity contribution >= 4 is 5.97 Å². The Hall–Kier alpha value is -0.530. The van der Waals surface area contributed by atoms with Crippen LogP contribution >= 0.6 is 0 Å². The van der Waals surface area contributed by atoms with Crippen LogP contribution in [-0.2, 0) is 4.79 Å². The van der Waals surface area contributed by atoms with Gasteiger partial charge in [-0.05, 0) is 31.1 Å². The minimum absolute atomic E-state index is 0.0706. The smallest absolute Gasteiger partial charge is 0.306 e. The van der Waals surface area contributed by atoms with Gasteiger partial charge in [-0.15, -0.1) is 0 Å². The van der Waals surface area contributed by atoms with E-state index in [2.05, 4.69) is 13.8 Å². The van der Waals surface area contributed by atoms with Crippen LogP contribution in [0.3, 0.4) is 0 Å². The van der Waals surface area contributed by atoms with Gasteiger partial charge in [0.15, 0.2) is 0 Å². The van der Waals surface area contributed by atoms with Gasteiger partial charge in [0.25, 0.3) is 0 Å². The van der Waals surface area contributed by atoms with Crippen LogP contribution in [0.5, 0.6) is 0 Å². The van der Waals surface area contributed by atoms with E-state index in [1.165, 1.54) is 6.42 Å². The Morgan fingerprint density at radius 3 is 2.33 bits per heavy atom. The quantitative estimate of drug-likeness (QED) is 0.704. The Kier molecular flexibility index (Phi) is 3.12. The summed E-state index contributed by atoms with van der Waals surface area (Å²) >= 11 is 0. The first-order valence-corrected chi connectivity index (χ1v) is 4.84. The van der Waals surface area contributed by atoms with Gasteiger partial charge in [-0.25, -0.2) is 0 Å². The first-order chi connectivity index (χ1) is 5.61. The van der Waals surface area contributed by atoms with Crippen molar-refractivity contribution < 1.29 is 9.90 Å². The molecule has 2 nitrogen and oxygen atoms in total. The lowest BCUT2D eigenvalue weighted by Crippen LogP contribution is -2.29. The zero-order valence-corrected chi connectivity index (χ0v) is 7.92. The molecule has 0 aromatic heterocycles. The molecule has 0 aromatic rings. The SMILES string of the molecule is CC(C)CC(C(=O)O)C1CCC1. The van der Waals surface area contributed by atoms with Crippen molar-refractivity contribution in [2.45, 2.75) is 39.5 Å². The molecule has 0 aliphatic heterocycles. The highest BCUT2D eigenvalue weighted by atomic mass is 16.4. The summed E-state index contributed by atoms with van der Waals surface area (Å²) in [7, 11) is 0.